The zero-order chi connectivity index (χ0) is 11.7. The highest BCUT2D eigenvalue weighted by atomic mass is 32.2. The van der Waals surface area contributed by atoms with Gasteiger partial charge in [0.25, 0.3) is 0 Å². The molecule has 0 aromatic heterocycles. The van der Waals surface area contributed by atoms with Crippen molar-refractivity contribution in [3.05, 3.63) is 0 Å². The molecule has 0 aromatic rings. The number of carbonyl (C=O) groups excluding carboxylic acids is 2. The normalized spacial score (nSPS) is 9.47. The Morgan fingerprint density at radius 1 is 1.13 bits per heavy atom. The Kier molecular flexibility index (Phi) is 8.31. The van der Waals surface area contributed by atoms with Gasteiger partial charge < -0.3 is 9.47 Å². The van der Waals surface area contributed by atoms with Crippen LogP contribution >= 0.6 is 24.0 Å². The molecule has 0 saturated heterocycles. The lowest BCUT2D eigenvalue weighted by molar-refractivity contribution is -0.142. The van der Waals surface area contributed by atoms with Crippen LogP contribution in [0.15, 0.2) is 0 Å². The van der Waals surface area contributed by atoms with Gasteiger partial charge in [-0.05, 0) is 13.8 Å². The highest BCUT2D eigenvalue weighted by molar-refractivity contribution is 8.23. The third kappa shape index (κ3) is 8.38. The molecule has 0 amide bonds. The van der Waals surface area contributed by atoms with Crippen LogP contribution < -0.4 is 0 Å². The predicted molar refractivity (Wildman–Crippen MR) is 62.9 cm³/mol. The third-order valence-electron chi connectivity index (χ3n) is 1.25. The van der Waals surface area contributed by atoms with Crippen LogP contribution in [-0.2, 0) is 19.1 Å². The first-order valence-electron chi connectivity index (χ1n) is 4.57. The van der Waals surface area contributed by atoms with Crippen LogP contribution in [0.5, 0.6) is 0 Å². The largest absolute Gasteiger partial charge is 0.466 e. The minimum absolute atomic E-state index is 0.0627. The van der Waals surface area contributed by atoms with Crippen molar-refractivity contribution in [3.8, 4) is 0 Å². The Balaban J connectivity index is 3.66. The van der Waals surface area contributed by atoms with E-state index in [1.807, 2.05) is 0 Å². The van der Waals surface area contributed by atoms with Crippen molar-refractivity contribution in [1.82, 2.24) is 0 Å². The Bertz CT molecular complexity index is 240. The number of thioether (sulfide) groups is 1. The van der Waals surface area contributed by atoms with Crippen molar-refractivity contribution in [1.29, 1.82) is 0 Å². The van der Waals surface area contributed by atoms with Crippen LogP contribution in [0.1, 0.15) is 20.3 Å². The summed E-state index contributed by atoms with van der Waals surface area (Å²) in [6.07, 6.45) is 0.0627. The number of hydrogen-bond acceptors (Lipinski definition) is 6. The number of ether oxygens (including phenoxy) is 2. The van der Waals surface area contributed by atoms with Crippen molar-refractivity contribution in [2.75, 3.05) is 19.0 Å². The molecule has 86 valence electrons. The predicted octanol–water partition coefficient (Wildman–Crippen LogP) is 1.56. The summed E-state index contributed by atoms with van der Waals surface area (Å²) in [7, 11) is 0. The van der Waals surface area contributed by atoms with E-state index in [4.69, 9.17) is 21.7 Å². The van der Waals surface area contributed by atoms with Crippen molar-refractivity contribution in [3.63, 3.8) is 0 Å². The van der Waals surface area contributed by atoms with Crippen LogP contribution in [0.25, 0.3) is 0 Å². The molecule has 0 aliphatic carbocycles. The Hall–Kier alpha value is -0.620. The van der Waals surface area contributed by atoms with Gasteiger partial charge in [-0.1, -0.05) is 12.2 Å². The lowest BCUT2D eigenvalue weighted by atomic mass is 10.5. The first-order chi connectivity index (χ1) is 7.10. The molecule has 4 nitrogen and oxygen atoms in total. The molecule has 0 heterocycles. The maximum atomic E-state index is 11.0. The van der Waals surface area contributed by atoms with E-state index in [-0.39, 0.29) is 24.1 Å². The number of esters is 2. The fourth-order valence-corrected chi connectivity index (χ4v) is 1.60. The molecule has 0 spiro atoms. The second kappa shape index (κ2) is 8.67. The maximum absolute atomic E-state index is 11.0. The Morgan fingerprint density at radius 3 is 2.20 bits per heavy atom. The molecule has 0 atom stereocenters. The van der Waals surface area contributed by atoms with Crippen LogP contribution in [0, 0.1) is 0 Å². The van der Waals surface area contributed by atoms with E-state index in [1.165, 1.54) is 0 Å². The maximum Gasteiger partial charge on any atom is 0.316 e. The zero-order valence-corrected chi connectivity index (χ0v) is 10.4. The average molecular weight is 250 g/mol. The van der Waals surface area contributed by atoms with E-state index in [9.17, 15) is 9.59 Å². The van der Waals surface area contributed by atoms with E-state index >= 15 is 0 Å². The quantitative estimate of drug-likeness (QED) is 0.527. The van der Waals surface area contributed by atoms with Gasteiger partial charge >= 0.3 is 11.9 Å². The summed E-state index contributed by atoms with van der Waals surface area (Å²) in [4.78, 5) is 21.9. The number of rotatable bonds is 6. The second-order valence-electron chi connectivity index (χ2n) is 2.45. The Morgan fingerprint density at radius 2 is 1.67 bits per heavy atom. The zero-order valence-electron chi connectivity index (χ0n) is 8.78. The van der Waals surface area contributed by atoms with Gasteiger partial charge in [-0.15, -0.1) is 11.8 Å². The minimum Gasteiger partial charge on any atom is -0.466 e. The molecule has 0 saturated carbocycles. The second-order valence-corrected chi connectivity index (χ2v) is 4.27. The molecule has 0 N–H and O–H groups in total. The highest BCUT2D eigenvalue weighted by Crippen LogP contribution is 2.09. The number of thiocarbonyl (C=S) groups is 1. The molecule has 0 aliphatic heterocycles. The van der Waals surface area contributed by atoms with E-state index in [0.29, 0.717) is 17.4 Å². The first-order valence-corrected chi connectivity index (χ1v) is 5.96. The molecule has 0 fully saturated rings. The molecule has 0 aliphatic rings. The molecule has 6 heteroatoms. The molecule has 0 rings (SSSR count). The molecule has 0 bridgehead atoms. The van der Waals surface area contributed by atoms with Crippen LogP contribution in [0.3, 0.4) is 0 Å². The summed E-state index contributed by atoms with van der Waals surface area (Å²) in [6.45, 7) is 4.15. The van der Waals surface area contributed by atoms with Crippen molar-refractivity contribution in [2.45, 2.75) is 20.3 Å². The monoisotopic (exact) mass is 250 g/mol. The van der Waals surface area contributed by atoms with Gasteiger partial charge in [0.1, 0.15) is 0 Å². The van der Waals surface area contributed by atoms with E-state index in [0.717, 1.165) is 11.8 Å². The topological polar surface area (TPSA) is 52.6 Å². The highest BCUT2D eigenvalue weighted by Gasteiger charge is 2.09. The lowest BCUT2D eigenvalue weighted by Crippen LogP contribution is -2.11. The van der Waals surface area contributed by atoms with E-state index in [2.05, 4.69) is 0 Å². The van der Waals surface area contributed by atoms with Crippen LogP contribution in [0.4, 0.5) is 0 Å². The van der Waals surface area contributed by atoms with Gasteiger partial charge in [-0.2, -0.15) is 0 Å². The van der Waals surface area contributed by atoms with E-state index < -0.39 is 0 Å². The van der Waals surface area contributed by atoms with Crippen molar-refractivity contribution in [2.24, 2.45) is 0 Å². The fraction of sp³-hybridized carbons (Fsp3) is 0.667. The van der Waals surface area contributed by atoms with Gasteiger partial charge in [0.15, 0.2) is 0 Å². The van der Waals surface area contributed by atoms with Gasteiger partial charge in [-0.25, -0.2) is 0 Å². The van der Waals surface area contributed by atoms with Gasteiger partial charge in [0, 0.05) is 0 Å². The molecule has 0 aromatic carbocycles. The third-order valence-corrected chi connectivity index (χ3v) is 2.59. The van der Waals surface area contributed by atoms with Crippen LogP contribution in [0.2, 0.25) is 0 Å². The summed E-state index contributed by atoms with van der Waals surface area (Å²) in [5, 5.41) is 0. The summed E-state index contributed by atoms with van der Waals surface area (Å²) in [6, 6.07) is 0. The SMILES string of the molecule is CCOC(=O)CSC(=S)CC(=O)OCC. The van der Waals surface area contributed by atoms with Crippen molar-refractivity contribution < 1.29 is 19.1 Å². The smallest absolute Gasteiger partial charge is 0.316 e. The van der Waals surface area contributed by atoms with E-state index in [1.54, 1.807) is 13.8 Å². The summed E-state index contributed by atoms with van der Waals surface area (Å²) in [5.41, 5.74) is 0. The number of carbonyl (C=O) groups is 2. The standard InChI is InChI=1S/C9H14O4S2/c1-3-12-7(10)5-9(14)15-6-8(11)13-4-2/h3-6H2,1-2H3. The van der Waals surface area contributed by atoms with Gasteiger partial charge in [0.2, 0.25) is 0 Å². The van der Waals surface area contributed by atoms with Gasteiger partial charge in [-0.3, -0.25) is 9.59 Å². The molecule has 0 radical (unpaired) electrons. The number of hydrogen-bond donors (Lipinski definition) is 0. The average Bonchev–Trinajstić information content (AvgIpc) is 2.15. The Labute approximate surface area is 98.7 Å². The first kappa shape index (κ1) is 14.4. The van der Waals surface area contributed by atoms with Gasteiger partial charge in [0.05, 0.1) is 29.6 Å². The summed E-state index contributed by atoms with van der Waals surface area (Å²) < 4.78 is 9.87. The minimum atomic E-state index is -0.362. The molecular weight excluding hydrogens is 236 g/mol. The summed E-state index contributed by atoms with van der Waals surface area (Å²) in [5.74, 6) is -0.543. The van der Waals surface area contributed by atoms with Crippen LogP contribution in [-0.4, -0.2) is 35.1 Å². The summed E-state index contributed by atoms with van der Waals surface area (Å²) >= 11 is 6.04. The lowest BCUT2D eigenvalue weighted by Gasteiger charge is -2.03. The molecular formula is C9H14O4S2. The fourth-order valence-electron chi connectivity index (χ4n) is 0.723. The molecule has 15 heavy (non-hydrogen) atoms. The molecule has 0 unspecified atom stereocenters. The van der Waals surface area contributed by atoms with Crippen molar-refractivity contribution >= 4 is 40.1 Å².